The molecule has 4 N–H and O–H groups in total. The van der Waals surface area contributed by atoms with E-state index in [0.29, 0.717) is 17.5 Å². The monoisotopic (exact) mass is 662 g/mol. The molecule has 2 amide bonds. The van der Waals surface area contributed by atoms with E-state index in [1.165, 1.54) is 26.0 Å². The molecule has 2 atom stereocenters. The first-order valence-electron chi connectivity index (χ1n) is 15.1. The highest BCUT2D eigenvalue weighted by Gasteiger charge is 2.32. The Morgan fingerprint density at radius 1 is 0.936 bits per heavy atom. The van der Waals surface area contributed by atoms with E-state index in [4.69, 9.17) is 0 Å². The lowest BCUT2D eigenvalue weighted by Gasteiger charge is -2.21. The van der Waals surface area contributed by atoms with E-state index >= 15 is 0 Å². The van der Waals surface area contributed by atoms with Crippen molar-refractivity contribution in [2.45, 2.75) is 63.6 Å². The number of aryl methyl sites for hydroxylation is 1. The van der Waals surface area contributed by atoms with Crippen molar-refractivity contribution in [1.82, 2.24) is 19.6 Å². The largest absolute Gasteiger partial charge is 0.479 e. The maximum Gasteiger partial charge on any atom is 0.334 e. The molecule has 0 saturated heterocycles. The van der Waals surface area contributed by atoms with Gasteiger partial charge in [-0.2, -0.15) is 13.5 Å². The maximum absolute atomic E-state index is 13.3. The molecule has 0 aliphatic carbocycles. The zero-order valence-electron chi connectivity index (χ0n) is 26.3. The summed E-state index contributed by atoms with van der Waals surface area (Å²) in [5.74, 6) is -3.76. The molecule has 0 aliphatic rings. The Morgan fingerprint density at radius 3 is 2.19 bits per heavy atom. The summed E-state index contributed by atoms with van der Waals surface area (Å²) >= 11 is 0. The van der Waals surface area contributed by atoms with Crippen LogP contribution in [0.3, 0.4) is 0 Å². The Bertz CT molecular complexity index is 1820. The molecule has 0 saturated carbocycles. The van der Waals surface area contributed by atoms with Crippen LogP contribution in [0.2, 0.25) is 0 Å². The summed E-state index contributed by atoms with van der Waals surface area (Å²) in [7, 11) is -4.54. The number of carboxylic acid groups (broad SMARTS) is 1. The lowest BCUT2D eigenvalue weighted by Crippen LogP contribution is -2.48. The molecule has 1 aromatic heterocycles. The lowest BCUT2D eigenvalue weighted by molar-refractivity contribution is -0.149. The molecule has 13 heteroatoms. The van der Waals surface area contributed by atoms with Crippen LogP contribution in [0.4, 0.5) is 0 Å². The Labute approximate surface area is 273 Å². The second kappa shape index (κ2) is 15.2. The molecule has 12 nitrogen and oxygen atoms in total. The van der Waals surface area contributed by atoms with Gasteiger partial charge in [-0.1, -0.05) is 100.0 Å². The van der Waals surface area contributed by atoms with Gasteiger partial charge in [-0.25, -0.2) is 4.79 Å². The second-order valence-electron chi connectivity index (χ2n) is 11.4. The smallest absolute Gasteiger partial charge is 0.334 e. The number of rotatable bonds is 14. The predicted molar refractivity (Wildman–Crippen MR) is 173 cm³/mol. The van der Waals surface area contributed by atoms with Crippen molar-refractivity contribution < 1.29 is 38.2 Å². The van der Waals surface area contributed by atoms with Crippen LogP contribution in [-0.4, -0.2) is 68.0 Å². The summed E-state index contributed by atoms with van der Waals surface area (Å²) in [6, 6.07) is 22.5. The van der Waals surface area contributed by atoms with Gasteiger partial charge in [-0.3, -0.25) is 19.5 Å². The van der Waals surface area contributed by atoms with Crippen molar-refractivity contribution in [3.8, 4) is 11.1 Å². The minimum Gasteiger partial charge on any atom is -0.479 e. The van der Waals surface area contributed by atoms with E-state index in [1.807, 2.05) is 13.0 Å². The highest BCUT2D eigenvalue weighted by atomic mass is 32.2. The van der Waals surface area contributed by atoms with Gasteiger partial charge in [0.15, 0.2) is 6.10 Å². The molecule has 248 valence electrons. The summed E-state index contributed by atoms with van der Waals surface area (Å²) in [6.07, 6.45) is -0.344. The number of sulfonamides is 1. The molecular weight excluding hydrogens is 624 g/mol. The molecule has 0 spiro atoms. The van der Waals surface area contributed by atoms with Crippen LogP contribution in [0.1, 0.15) is 54.5 Å². The van der Waals surface area contributed by atoms with E-state index in [1.54, 1.807) is 71.4 Å². The van der Waals surface area contributed by atoms with Gasteiger partial charge in [-0.15, -0.1) is 4.47 Å². The van der Waals surface area contributed by atoms with Crippen molar-refractivity contribution in [2.24, 2.45) is 5.92 Å². The first-order chi connectivity index (χ1) is 22.3. The quantitative estimate of drug-likeness (QED) is 0.115. The number of carbonyl (C=O) groups is 3. The van der Waals surface area contributed by atoms with E-state index in [2.05, 4.69) is 10.4 Å². The topological polar surface area (TPSA) is 179 Å². The van der Waals surface area contributed by atoms with E-state index in [-0.39, 0.29) is 28.0 Å². The van der Waals surface area contributed by atoms with Gasteiger partial charge in [0.05, 0.1) is 17.5 Å². The molecule has 4 aromatic rings. The third kappa shape index (κ3) is 8.30. The Morgan fingerprint density at radius 2 is 1.57 bits per heavy atom. The number of aliphatic hydroxyl groups excluding tert-OH is 1. The molecule has 0 bridgehead atoms. The number of benzene rings is 3. The number of hydrogen-bond acceptors (Lipinski definition) is 8. The number of aliphatic carboxylic acids is 1. The minimum atomic E-state index is -4.54. The van der Waals surface area contributed by atoms with Gasteiger partial charge in [0.25, 0.3) is 21.8 Å². The van der Waals surface area contributed by atoms with Crippen LogP contribution in [0, 0.1) is 5.92 Å². The maximum atomic E-state index is 13.3. The molecule has 47 heavy (non-hydrogen) atoms. The number of aliphatic hydroxyl groups is 1. The molecule has 3 aromatic carbocycles. The molecule has 0 radical (unpaired) electrons. The van der Waals surface area contributed by atoms with Crippen LogP contribution >= 0.6 is 0 Å². The van der Waals surface area contributed by atoms with Crippen LogP contribution < -0.4 is 5.32 Å². The van der Waals surface area contributed by atoms with Gasteiger partial charge in [0.1, 0.15) is 5.69 Å². The van der Waals surface area contributed by atoms with E-state index < -0.39 is 45.9 Å². The van der Waals surface area contributed by atoms with Gasteiger partial charge in [0.2, 0.25) is 0 Å². The first kappa shape index (κ1) is 35.0. The molecule has 0 unspecified atom stereocenters. The fourth-order valence-electron chi connectivity index (χ4n) is 5.01. The van der Waals surface area contributed by atoms with Crippen molar-refractivity contribution in [3.05, 3.63) is 107 Å². The number of hydroxylamine groups is 1. The number of carbonyl (C=O) groups excluding carboxylic acids is 2. The number of hydrogen-bond donors (Lipinski definition) is 4. The normalized spacial score (nSPS) is 12.8. The summed E-state index contributed by atoms with van der Waals surface area (Å²) in [6.45, 7) is 5.23. The fraction of sp³-hybridized carbons (Fsp3) is 0.294. The number of amides is 2. The summed E-state index contributed by atoms with van der Waals surface area (Å²) in [5, 5.41) is 37.1. The SMILES string of the molecule is CCCc1cc(C(=O)N[C@H](Cc2ccccc2)[C@@H](O)C(=O)O)nn1Cc1ccc(-c2ccccc2S(=O)(=O)N(O)C(=O)C(C)C)cc1. The van der Waals surface area contributed by atoms with Crippen molar-refractivity contribution in [3.63, 3.8) is 0 Å². The first-order valence-corrected chi connectivity index (χ1v) is 16.6. The third-order valence-electron chi connectivity index (χ3n) is 7.52. The summed E-state index contributed by atoms with van der Waals surface area (Å²) < 4.78 is 27.7. The third-order valence-corrected chi connectivity index (χ3v) is 9.07. The Hall–Kier alpha value is -4.85. The number of carboxylic acids is 1. The van der Waals surface area contributed by atoms with Crippen molar-refractivity contribution >= 4 is 27.8 Å². The highest BCUT2D eigenvalue weighted by molar-refractivity contribution is 7.89. The van der Waals surface area contributed by atoms with Crippen molar-refractivity contribution in [1.29, 1.82) is 0 Å². The van der Waals surface area contributed by atoms with Crippen LogP contribution in [-0.2, 0) is 39.0 Å². The van der Waals surface area contributed by atoms with Crippen LogP contribution in [0.15, 0.2) is 89.8 Å². The summed E-state index contributed by atoms with van der Waals surface area (Å²) in [4.78, 5) is 36.9. The predicted octanol–water partition coefficient (Wildman–Crippen LogP) is 3.90. The highest BCUT2D eigenvalue weighted by Crippen LogP contribution is 2.30. The number of aromatic nitrogens is 2. The van der Waals surface area contributed by atoms with Gasteiger partial charge in [0, 0.05) is 17.2 Å². The second-order valence-corrected chi connectivity index (χ2v) is 13.2. The lowest BCUT2D eigenvalue weighted by atomic mass is 10.0. The molecule has 0 fully saturated rings. The molecule has 1 heterocycles. The van der Waals surface area contributed by atoms with Crippen LogP contribution in [0.5, 0.6) is 0 Å². The molecular formula is C34H38N4O8S. The van der Waals surface area contributed by atoms with Gasteiger partial charge < -0.3 is 15.5 Å². The van der Waals surface area contributed by atoms with Gasteiger partial charge in [-0.05, 0) is 41.7 Å². The molecule has 0 aliphatic heterocycles. The van der Waals surface area contributed by atoms with E-state index in [9.17, 15) is 38.2 Å². The number of nitrogens with zero attached hydrogens (tertiary/aromatic N) is 3. The zero-order chi connectivity index (χ0) is 34.3. The standard InChI is InChI=1S/C34H38N4O8S/c1-4-10-26-20-29(32(40)35-28(31(39)34(42)43)19-23-11-6-5-7-12-23)36-37(26)21-24-15-17-25(18-16-24)27-13-8-9-14-30(27)47(45,46)38(44)33(41)22(2)3/h5-9,11-18,20,22,28,31,39,44H,4,10,19,21H2,1-3H3,(H,35,40)(H,42,43)/t28-,31-/m1/s1. The van der Waals surface area contributed by atoms with E-state index in [0.717, 1.165) is 23.2 Å². The average Bonchev–Trinajstić information content (AvgIpc) is 3.46. The van der Waals surface area contributed by atoms with Crippen molar-refractivity contribution in [2.75, 3.05) is 0 Å². The fourth-order valence-corrected chi connectivity index (χ4v) is 6.36. The summed E-state index contributed by atoms with van der Waals surface area (Å²) in [5.41, 5.74) is 3.22. The minimum absolute atomic E-state index is 0.0735. The molecule has 4 rings (SSSR count). The Kier molecular flexibility index (Phi) is 11.3. The Balaban J connectivity index is 1.56. The van der Waals surface area contributed by atoms with Gasteiger partial charge >= 0.3 is 5.97 Å². The number of nitrogens with one attached hydrogen (secondary N) is 1. The van der Waals surface area contributed by atoms with Crippen LogP contribution in [0.25, 0.3) is 11.1 Å². The zero-order valence-corrected chi connectivity index (χ0v) is 27.1. The average molecular weight is 663 g/mol.